The van der Waals surface area contributed by atoms with Gasteiger partial charge in [0.05, 0.1) is 12.0 Å². The maximum Gasteiger partial charge on any atom is 0.311 e. The van der Waals surface area contributed by atoms with Crippen LogP contribution in [0.1, 0.15) is 150 Å². The van der Waals surface area contributed by atoms with E-state index in [9.17, 15) is 4.79 Å². The van der Waals surface area contributed by atoms with Crippen molar-refractivity contribution in [2.75, 3.05) is 6.61 Å². The molecule has 0 N–H and O–H groups in total. The van der Waals surface area contributed by atoms with Crippen molar-refractivity contribution < 1.29 is 9.53 Å². The van der Waals surface area contributed by atoms with Crippen LogP contribution in [0.25, 0.3) is 0 Å². The summed E-state index contributed by atoms with van der Waals surface area (Å²) in [4.78, 5) is 12.2. The second-order valence-corrected chi connectivity index (χ2v) is 9.43. The van der Waals surface area contributed by atoms with Gasteiger partial charge in [0, 0.05) is 0 Å². The van der Waals surface area contributed by atoms with Gasteiger partial charge in [-0.1, -0.05) is 123 Å². The van der Waals surface area contributed by atoms with E-state index in [4.69, 9.17) is 4.74 Å². The van der Waals surface area contributed by atoms with Gasteiger partial charge >= 0.3 is 5.97 Å². The molecule has 0 aromatic carbocycles. The van der Waals surface area contributed by atoms with Crippen molar-refractivity contribution in [3.05, 3.63) is 0 Å². The summed E-state index contributed by atoms with van der Waals surface area (Å²) in [6.45, 7) is 9.17. The number of carbonyl (C=O) groups excluding carboxylic acids is 1. The Bertz CT molecular complexity index is 335. The molecule has 2 nitrogen and oxygen atoms in total. The zero-order valence-corrected chi connectivity index (χ0v) is 20.0. The standard InChI is InChI=1S/C26H52O2/c1-5-7-9-11-12-13-14-15-16-17-18-19-20-22-24-28-25(27)26(3,4)23-21-10-8-6-2/h5-24H2,1-4H3. The molecule has 0 spiro atoms. The molecular weight excluding hydrogens is 344 g/mol. The zero-order valence-electron chi connectivity index (χ0n) is 20.0. The molecule has 0 aliphatic heterocycles. The summed E-state index contributed by atoms with van der Waals surface area (Å²) in [6, 6.07) is 0. The first kappa shape index (κ1) is 27.5. The molecule has 0 heterocycles. The average Bonchev–Trinajstić information content (AvgIpc) is 2.68. The lowest BCUT2D eigenvalue weighted by Crippen LogP contribution is -2.27. The van der Waals surface area contributed by atoms with Crippen molar-refractivity contribution in [2.24, 2.45) is 5.41 Å². The summed E-state index contributed by atoms with van der Waals surface area (Å²) in [5.41, 5.74) is -0.316. The fourth-order valence-corrected chi connectivity index (χ4v) is 3.75. The highest BCUT2D eigenvalue weighted by atomic mass is 16.5. The number of hydrogen-bond acceptors (Lipinski definition) is 2. The highest BCUT2D eigenvalue weighted by Crippen LogP contribution is 2.26. The Hall–Kier alpha value is -0.530. The summed E-state index contributed by atoms with van der Waals surface area (Å²) >= 11 is 0. The Morgan fingerprint density at radius 1 is 0.571 bits per heavy atom. The first-order valence-corrected chi connectivity index (χ1v) is 12.7. The third-order valence-corrected chi connectivity index (χ3v) is 5.94. The molecule has 0 aliphatic rings. The van der Waals surface area contributed by atoms with Crippen LogP contribution in [0.5, 0.6) is 0 Å². The second kappa shape index (κ2) is 19.8. The van der Waals surface area contributed by atoms with Gasteiger partial charge in [0.15, 0.2) is 0 Å². The van der Waals surface area contributed by atoms with E-state index in [0.717, 1.165) is 19.3 Å². The molecule has 0 atom stereocenters. The summed E-state index contributed by atoms with van der Waals surface area (Å²) in [6.07, 6.45) is 24.8. The molecular formula is C26H52O2. The third-order valence-electron chi connectivity index (χ3n) is 5.94. The number of ether oxygens (including phenoxy) is 1. The summed E-state index contributed by atoms with van der Waals surface area (Å²) in [5.74, 6) is -0.00121. The van der Waals surface area contributed by atoms with Gasteiger partial charge in [0.25, 0.3) is 0 Å². The monoisotopic (exact) mass is 396 g/mol. The van der Waals surface area contributed by atoms with Crippen molar-refractivity contribution in [2.45, 2.75) is 150 Å². The van der Waals surface area contributed by atoms with Gasteiger partial charge in [-0.2, -0.15) is 0 Å². The minimum atomic E-state index is -0.316. The first-order valence-electron chi connectivity index (χ1n) is 12.7. The average molecular weight is 397 g/mol. The van der Waals surface area contributed by atoms with E-state index >= 15 is 0 Å². The Morgan fingerprint density at radius 3 is 1.36 bits per heavy atom. The largest absolute Gasteiger partial charge is 0.465 e. The van der Waals surface area contributed by atoms with Crippen LogP contribution in [0.15, 0.2) is 0 Å². The molecule has 0 rings (SSSR count). The van der Waals surface area contributed by atoms with E-state index < -0.39 is 0 Å². The molecule has 0 fully saturated rings. The van der Waals surface area contributed by atoms with Crippen molar-refractivity contribution in [3.63, 3.8) is 0 Å². The first-order chi connectivity index (χ1) is 13.5. The SMILES string of the molecule is CCCCCCCCCCCCCCCCOC(=O)C(C)(C)CCCCCC. The lowest BCUT2D eigenvalue weighted by atomic mass is 9.87. The lowest BCUT2D eigenvalue weighted by Gasteiger charge is -2.22. The summed E-state index contributed by atoms with van der Waals surface area (Å²) in [5, 5.41) is 0. The lowest BCUT2D eigenvalue weighted by molar-refractivity contribution is -0.154. The molecule has 2 heteroatoms. The molecule has 0 radical (unpaired) electrons. The maximum atomic E-state index is 12.2. The number of carbonyl (C=O) groups is 1. The van der Waals surface area contributed by atoms with E-state index in [2.05, 4.69) is 13.8 Å². The predicted octanol–water partition coefficient (Wildman–Crippen LogP) is 9.01. The molecule has 0 saturated heterocycles. The molecule has 0 aliphatic carbocycles. The Balaban J connectivity index is 3.37. The van der Waals surface area contributed by atoms with Gasteiger partial charge in [-0.25, -0.2) is 0 Å². The minimum absolute atomic E-state index is 0.00121. The molecule has 0 bridgehead atoms. The number of hydrogen-bond donors (Lipinski definition) is 0. The van der Waals surface area contributed by atoms with Gasteiger partial charge in [-0.3, -0.25) is 4.79 Å². The molecule has 0 saturated carbocycles. The molecule has 0 aromatic rings. The quantitative estimate of drug-likeness (QED) is 0.143. The zero-order chi connectivity index (χ0) is 20.9. The molecule has 168 valence electrons. The van der Waals surface area contributed by atoms with Crippen molar-refractivity contribution >= 4 is 5.97 Å². The van der Waals surface area contributed by atoms with Gasteiger partial charge in [-0.15, -0.1) is 0 Å². The van der Waals surface area contributed by atoms with Gasteiger partial charge in [0.2, 0.25) is 0 Å². The van der Waals surface area contributed by atoms with Crippen LogP contribution >= 0.6 is 0 Å². The smallest absolute Gasteiger partial charge is 0.311 e. The Morgan fingerprint density at radius 2 is 0.929 bits per heavy atom. The van der Waals surface area contributed by atoms with Crippen LogP contribution < -0.4 is 0 Å². The van der Waals surface area contributed by atoms with Crippen LogP contribution in [0.3, 0.4) is 0 Å². The normalized spacial score (nSPS) is 11.7. The van der Waals surface area contributed by atoms with E-state index in [1.165, 1.54) is 103 Å². The number of esters is 1. The number of rotatable bonds is 21. The van der Waals surface area contributed by atoms with Crippen LogP contribution in [-0.4, -0.2) is 12.6 Å². The predicted molar refractivity (Wildman–Crippen MR) is 124 cm³/mol. The molecule has 0 unspecified atom stereocenters. The van der Waals surface area contributed by atoms with Crippen molar-refractivity contribution in [1.82, 2.24) is 0 Å². The van der Waals surface area contributed by atoms with Gasteiger partial charge in [-0.05, 0) is 26.7 Å². The van der Waals surface area contributed by atoms with E-state index in [1.54, 1.807) is 0 Å². The Kier molecular flexibility index (Phi) is 19.4. The molecule has 0 aromatic heterocycles. The third kappa shape index (κ3) is 17.6. The van der Waals surface area contributed by atoms with Crippen molar-refractivity contribution in [1.29, 1.82) is 0 Å². The highest BCUT2D eigenvalue weighted by Gasteiger charge is 2.28. The number of unbranched alkanes of at least 4 members (excludes halogenated alkanes) is 16. The summed E-state index contributed by atoms with van der Waals surface area (Å²) < 4.78 is 5.53. The topological polar surface area (TPSA) is 26.3 Å². The second-order valence-electron chi connectivity index (χ2n) is 9.43. The molecule has 28 heavy (non-hydrogen) atoms. The van der Waals surface area contributed by atoms with Crippen LogP contribution in [0.4, 0.5) is 0 Å². The van der Waals surface area contributed by atoms with Gasteiger partial charge in [0.1, 0.15) is 0 Å². The fourth-order valence-electron chi connectivity index (χ4n) is 3.75. The molecule has 0 amide bonds. The van der Waals surface area contributed by atoms with Crippen molar-refractivity contribution in [3.8, 4) is 0 Å². The van der Waals surface area contributed by atoms with E-state index in [0.29, 0.717) is 6.61 Å². The minimum Gasteiger partial charge on any atom is -0.465 e. The Labute approximate surface area is 177 Å². The van der Waals surface area contributed by atoms with Crippen LogP contribution in [0.2, 0.25) is 0 Å². The highest BCUT2D eigenvalue weighted by molar-refractivity contribution is 5.75. The van der Waals surface area contributed by atoms with E-state index in [-0.39, 0.29) is 11.4 Å². The summed E-state index contributed by atoms with van der Waals surface area (Å²) in [7, 11) is 0. The van der Waals surface area contributed by atoms with Gasteiger partial charge < -0.3 is 4.74 Å². The fraction of sp³-hybridized carbons (Fsp3) is 0.962. The van der Waals surface area contributed by atoms with Crippen LogP contribution in [0, 0.1) is 5.41 Å². The maximum absolute atomic E-state index is 12.2. The van der Waals surface area contributed by atoms with E-state index in [1.807, 2.05) is 13.8 Å². The van der Waals surface area contributed by atoms with Crippen LogP contribution in [-0.2, 0) is 9.53 Å².